The molecule has 0 N–H and O–H groups in total. The molecule has 0 atom stereocenters. The number of rotatable bonds is 4. The Morgan fingerprint density at radius 3 is 2.37 bits per heavy atom. The first-order chi connectivity index (χ1) is 12.7. The van der Waals surface area contributed by atoms with Crippen LogP contribution in [0.5, 0.6) is 5.75 Å². The van der Waals surface area contributed by atoms with Crippen molar-refractivity contribution in [3.63, 3.8) is 0 Å². The van der Waals surface area contributed by atoms with E-state index in [2.05, 4.69) is 0 Å². The zero-order chi connectivity index (χ0) is 19.6. The quantitative estimate of drug-likeness (QED) is 0.463. The van der Waals surface area contributed by atoms with Crippen molar-refractivity contribution in [2.24, 2.45) is 0 Å². The Balaban J connectivity index is 1.89. The van der Waals surface area contributed by atoms with Crippen LogP contribution in [-0.4, -0.2) is 17.7 Å². The molecule has 0 radical (unpaired) electrons. The van der Waals surface area contributed by atoms with Crippen LogP contribution in [0.25, 0.3) is 6.08 Å². The molecule has 27 heavy (non-hydrogen) atoms. The molecule has 1 saturated heterocycles. The largest absolute Gasteiger partial charge is 0.488 e. The smallest absolute Gasteiger partial charge is 0.348 e. The van der Waals surface area contributed by atoms with Crippen molar-refractivity contribution in [1.29, 1.82) is 0 Å². The summed E-state index contributed by atoms with van der Waals surface area (Å²) in [6, 6.07) is 9.56. The minimum absolute atomic E-state index is 0.0381. The van der Waals surface area contributed by atoms with Crippen LogP contribution in [0.4, 0.5) is 8.78 Å². The van der Waals surface area contributed by atoms with Gasteiger partial charge in [0.2, 0.25) is 0 Å². The number of carbonyl (C=O) groups excluding carboxylic acids is 2. The van der Waals surface area contributed by atoms with Crippen molar-refractivity contribution >= 4 is 18.0 Å². The number of ether oxygens (including phenoxy) is 3. The minimum Gasteiger partial charge on any atom is -0.488 e. The van der Waals surface area contributed by atoms with Gasteiger partial charge in [-0.1, -0.05) is 18.2 Å². The second kappa shape index (κ2) is 7.19. The third kappa shape index (κ3) is 4.31. The molecule has 1 aliphatic rings. The van der Waals surface area contributed by atoms with E-state index in [-0.39, 0.29) is 29.1 Å². The van der Waals surface area contributed by atoms with E-state index in [1.807, 2.05) is 0 Å². The van der Waals surface area contributed by atoms with E-state index in [4.69, 9.17) is 14.2 Å². The van der Waals surface area contributed by atoms with Crippen LogP contribution in [0.1, 0.15) is 25.0 Å². The fourth-order valence-electron chi connectivity index (χ4n) is 2.46. The molecule has 140 valence electrons. The lowest BCUT2D eigenvalue weighted by molar-refractivity contribution is -0.222. The van der Waals surface area contributed by atoms with Gasteiger partial charge >= 0.3 is 11.9 Å². The number of halogens is 2. The summed E-state index contributed by atoms with van der Waals surface area (Å²) in [6.07, 6.45) is 1.19. The molecule has 0 amide bonds. The highest BCUT2D eigenvalue weighted by Gasteiger charge is 2.39. The standard InChI is InChI=1S/C20H16F2O5/c1-20(2)26-18(23)15(19(24)27-20)9-12-7-8-14(21)10-17(12)25-11-13-5-3-4-6-16(13)22/h3-10H,11H2,1-2H3. The summed E-state index contributed by atoms with van der Waals surface area (Å²) in [7, 11) is 0. The van der Waals surface area contributed by atoms with Crippen molar-refractivity contribution in [3.8, 4) is 5.75 Å². The van der Waals surface area contributed by atoms with Gasteiger partial charge in [-0.15, -0.1) is 0 Å². The van der Waals surface area contributed by atoms with Crippen molar-refractivity contribution in [2.75, 3.05) is 0 Å². The average Bonchev–Trinajstić information content (AvgIpc) is 2.58. The molecular formula is C20H16F2O5. The van der Waals surface area contributed by atoms with E-state index >= 15 is 0 Å². The number of hydrogen-bond acceptors (Lipinski definition) is 5. The summed E-state index contributed by atoms with van der Waals surface area (Å²) in [4.78, 5) is 24.1. The first kappa shape index (κ1) is 18.6. The second-order valence-corrected chi connectivity index (χ2v) is 6.30. The predicted octanol–water partition coefficient (Wildman–Crippen LogP) is 3.76. The van der Waals surface area contributed by atoms with Gasteiger partial charge in [0.1, 0.15) is 29.6 Å². The number of carbonyl (C=O) groups is 2. The maximum Gasteiger partial charge on any atom is 0.348 e. The Bertz CT molecular complexity index is 912. The van der Waals surface area contributed by atoms with E-state index in [0.29, 0.717) is 0 Å². The van der Waals surface area contributed by atoms with Crippen LogP contribution < -0.4 is 4.74 Å². The van der Waals surface area contributed by atoms with E-state index in [1.54, 1.807) is 12.1 Å². The van der Waals surface area contributed by atoms with Crippen molar-refractivity contribution in [3.05, 3.63) is 70.8 Å². The number of hydrogen-bond donors (Lipinski definition) is 0. The van der Waals surface area contributed by atoms with Gasteiger partial charge < -0.3 is 14.2 Å². The lowest BCUT2D eigenvalue weighted by atomic mass is 10.1. The molecule has 0 aromatic heterocycles. The van der Waals surface area contributed by atoms with E-state index in [1.165, 1.54) is 38.1 Å². The fourth-order valence-corrected chi connectivity index (χ4v) is 2.46. The normalized spacial score (nSPS) is 15.8. The molecule has 1 fully saturated rings. The monoisotopic (exact) mass is 374 g/mol. The summed E-state index contributed by atoms with van der Waals surface area (Å²) in [5.41, 5.74) is 0.173. The van der Waals surface area contributed by atoms with Gasteiger partial charge in [0.15, 0.2) is 0 Å². The van der Waals surface area contributed by atoms with Gasteiger partial charge in [-0.2, -0.15) is 0 Å². The van der Waals surface area contributed by atoms with Crippen LogP contribution in [0.3, 0.4) is 0 Å². The molecule has 0 spiro atoms. The Morgan fingerprint density at radius 2 is 1.70 bits per heavy atom. The van der Waals surface area contributed by atoms with Gasteiger partial charge in [-0.05, 0) is 24.3 Å². The van der Waals surface area contributed by atoms with Crippen molar-refractivity contribution in [2.45, 2.75) is 26.2 Å². The first-order valence-corrected chi connectivity index (χ1v) is 8.09. The van der Waals surface area contributed by atoms with Crippen LogP contribution in [-0.2, 0) is 25.7 Å². The van der Waals surface area contributed by atoms with Crippen LogP contribution in [0.15, 0.2) is 48.0 Å². The van der Waals surface area contributed by atoms with E-state index in [9.17, 15) is 18.4 Å². The Morgan fingerprint density at radius 1 is 1.04 bits per heavy atom. The minimum atomic E-state index is -1.36. The first-order valence-electron chi connectivity index (χ1n) is 8.09. The number of cyclic esters (lactones) is 2. The number of benzene rings is 2. The molecule has 0 saturated carbocycles. The molecule has 3 rings (SSSR count). The molecular weight excluding hydrogens is 358 g/mol. The zero-order valence-corrected chi connectivity index (χ0v) is 14.6. The predicted molar refractivity (Wildman–Crippen MR) is 91.4 cm³/mol. The highest BCUT2D eigenvalue weighted by atomic mass is 19.1. The highest BCUT2D eigenvalue weighted by Crippen LogP contribution is 2.28. The second-order valence-electron chi connectivity index (χ2n) is 6.30. The summed E-state index contributed by atoms with van der Waals surface area (Å²) < 4.78 is 42.9. The average molecular weight is 374 g/mol. The van der Waals surface area contributed by atoms with Crippen LogP contribution >= 0.6 is 0 Å². The maximum atomic E-state index is 13.7. The third-order valence-electron chi connectivity index (χ3n) is 3.73. The van der Waals surface area contributed by atoms with Crippen molar-refractivity contribution in [1.82, 2.24) is 0 Å². The molecule has 2 aromatic rings. The van der Waals surface area contributed by atoms with Gasteiger partial charge in [0, 0.05) is 31.0 Å². The SMILES string of the molecule is CC1(C)OC(=O)C(=Cc2ccc(F)cc2OCc2ccccc2F)C(=O)O1. The molecule has 0 aliphatic carbocycles. The topological polar surface area (TPSA) is 61.8 Å². The summed E-state index contributed by atoms with van der Waals surface area (Å²) in [5, 5.41) is 0. The van der Waals surface area contributed by atoms with E-state index < -0.39 is 29.4 Å². The molecule has 5 nitrogen and oxygen atoms in total. The fraction of sp³-hybridized carbons (Fsp3) is 0.200. The lowest BCUT2D eigenvalue weighted by Gasteiger charge is -2.29. The Kier molecular flexibility index (Phi) is 4.94. The lowest BCUT2D eigenvalue weighted by Crippen LogP contribution is -2.41. The summed E-state index contributed by atoms with van der Waals surface area (Å²) in [5.74, 6) is -4.10. The highest BCUT2D eigenvalue weighted by molar-refractivity contribution is 6.19. The van der Waals surface area contributed by atoms with Gasteiger partial charge in [0.05, 0.1) is 0 Å². The molecule has 1 heterocycles. The van der Waals surface area contributed by atoms with Crippen LogP contribution in [0, 0.1) is 11.6 Å². The summed E-state index contributed by atoms with van der Waals surface area (Å²) >= 11 is 0. The summed E-state index contributed by atoms with van der Waals surface area (Å²) in [6.45, 7) is 2.70. The Labute approximate surface area is 154 Å². The van der Waals surface area contributed by atoms with Gasteiger partial charge in [-0.3, -0.25) is 0 Å². The maximum absolute atomic E-state index is 13.7. The molecule has 7 heteroatoms. The third-order valence-corrected chi connectivity index (χ3v) is 3.73. The molecule has 0 bridgehead atoms. The van der Waals surface area contributed by atoms with Gasteiger partial charge in [-0.25, -0.2) is 18.4 Å². The van der Waals surface area contributed by atoms with Gasteiger partial charge in [0.25, 0.3) is 5.79 Å². The molecule has 1 aliphatic heterocycles. The van der Waals surface area contributed by atoms with Crippen LogP contribution in [0.2, 0.25) is 0 Å². The molecule has 2 aromatic carbocycles. The number of esters is 2. The molecule has 0 unspecified atom stereocenters. The zero-order valence-electron chi connectivity index (χ0n) is 14.6. The Hall–Kier alpha value is -3.22. The van der Waals surface area contributed by atoms with Crippen molar-refractivity contribution < 1.29 is 32.6 Å². The van der Waals surface area contributed by atoms with E-state index in [0.717, 1.165) is 12.1 Å².